The quantitative estimate of drug-likeness (QED) is 0.431. The number of likely N-dealkylation sites (tertiary alicyclic amines) is 2. The smallest absolute Gasteiger partial charge is 0.407 e. The van der Waals surface area contributed by atoms with Crippen LogP contribution in [-0.2, 0) is 17.8 Å². The Morgan fingerprint density at radius 3 is 2.22 bits per heavy atom. The van der Waals surface area contributed by atoms with Crippen LogP contribution in [0.2, 0.25) is 0 Å². The van der Waals surface area contributed by atoms with E-state index in [-0.39, 0.29) is 18.0 Å². The molecule has 4 aliphatic heterocycles. The molecule has 1 unspecified atom stereocenters. The number of nitrogens with one attached hydrogen (secondary N) is 1. The summed E-state index contributed by atoms with van der Waals surface area (Å²) in [6, 6.07) is 14.2. The van der Waals surface area contributed by atoms with Crippen molar-refractivity contribution < 1.29 is 19.5 Å². The van der Waals surface area contributed by atoms with Gasteiger partial charge in [0.25, 0.3) is 0 Å². The number of aryl methyl sites for hydroxylation is 1. The highest BCUT2D eigenvalue weighted by Gasteiger charge is 2.33. The lowest BCUT2D eigenvalue weighted by atomic mass is 9.99. The number of amides is 4. The second-order valence-corrected chi connectivity index (χ2v) is 13.9. The summed E-state index contributed by atoms with van der Waals surface area (Å²) in [5, 5.41) is 11.8. The highest BCUT2D eigenvalue weighted by molar-refractivity contribution is 9.10. The van der Waals surface area contributed by atoms with Gasteiger partial charge in [-0.1, -0.05) is 46.3 Å². The lowest BCUT2D eigenvalue weighted by molar-refractivity contribution is -0.134. The number of anilines is 1. The molecule has 1 atom stereocenters. The van der Waals surface area contributed by atoms with Gasteiger partial charge in [0.1, 0.15) is 0 Å². The minimum atomic E-state index is -0.878. The normalized spacial score (nSPS) is 20.8. The number of hydrogen-bond donors (Lipinski definition) is 3. The number of benzene rings is 2. The van der Waals surface area contributed by atoms with Crippen LogP contribution in [0, 0.1) is 6.92 Å². The van der Waals surface area contributed by atoms with E-state index < -0.39 is 12.1 Å². The molecule has 250 valence electrons. The molecule has 4 amide bonds. The molecule has 0 aromatic heterocycles. The van der Waals surface area contributed by atoms with Gasteiger partial charge in [-0.15, -0.1) is 0 Å². The van der Waals surface area contributed by atoms with Gasteiger partial charge in [0, 0.05) is 81.1 Å². The predicted molar refractivity (Wildman–Crippen MR) is 183 cm³/mol. The van der Waals surface area contributed by atoms with Crippen molar-refractivity contribution >= 4 is 39.6 Å². The average molecular weight is 699 g/mol. The molecule has 0 aliphatic carbocycles. The number of nitrogens with two attached hydrogens (primary N) is 1. The fraction of sp³-hybridized carbons (Fsp3) is 0.559. The van der Waals surface area contributed by atoms with E-state index in [0.29, 0.717) is 44.9 Å². The van der Waals surface area contributed by atoms with E-state index in [2.05, 4.69) is 51.1 Å². The molecule has 4 heterocycles. The number of nitrogens with zero attached hydrogens (tertiary/aromatic N) is 5. The van der Waals surface area contributed by atoms with Crippen molar-refractivity contribution in [3.63, 3.8) is 0 Å². The predicted octanol–water partition coefficient (Wildman–Crippen LogP) is 4.04. The van der Waals surface area contributed by atoms with Crippen LogP contribution in [0.3, 0.4) is 0 Å². The van der Waals surface area contributed by atoms with Crippen LogP contribution in [-0.4, -0.2) is 125 Å². The Balaban J connectivity index is 0.000000187. The average Bonchev–Trinajstić information content (AvgIpc) is 3.06. The standard InChI is InChI=1S/C20H31BrN4O.C14H17N3O3/c1-15-13-16(3-4-18(15)21)14-19(22)20(26)25-7-5-17(6-8-25)24-11-9-23(2)10-12-24;18-13-15-12-4-2-1-3-10(12)9-17(13)11-5-7-16(8-6-11)14(19)20/h3-4,13,17,19H,5-12,14,22H2,1-2H3;1-4,11H,5-9H2,(H,15,18)(H,19,20). The fourth-order valence-corrected chi connectivity index (χ4v) is 7.18. The number of urea groups is 1. The molecule has 46 heavy (non-hydrogen) atoms. The van der Waals surface area contributed by atoms with E-state index in [1.165, 1.54) is 10.5 Å². The molecule has 2 aromatic rings. The van der Waals surface area contributed by atoms with Crippen molar-refractivity contribution in [1.29, 1.82) is 0 Å². The summed E-state index contributed by atoms with van der Waals surface area (Å²) < 4.78 is 1.09. The van der Waals surface area contributed by atoms with E-state index in [1.807, 2.05) is 46.2 Å². The summed E-state index contributed by atoms with van der Waals surface area (Å²) in [6.45, 7) is 9.91. The Morgan fingerprint density at radius 1 is 0.935 bits per heavy atom. The highest BCUT2D eigenvalue weighted by Crippen LogP contribution is 2.27. The van der Waals surface area contributed by atoms with Gasteiger partial charge in [0.05, 0.1) is 6.04 Å². The van der Waals surface area contributed by atoms with Crippen LogP contribution < -0.4 is 11.1 Å². The number of para-hydroxylation sites is 1. The zero-order chi connectivity index (χ0) is 32.8. The maximum absolute atomic E-state index is 12.8. The Labute approximate surface area is 280 Å². The molecule has 6 rings (SSSR count). The molecule has 4 N–H and O–H groups in total. The van der Waals surface area contributed by atoms with Crippen LogP contribution in [0.4, 0.5) is 15.3 Å². The molecule has 0 saturated carbocycles. The van der Waals surface area contributed by atoms with Gasteiger partial charge in [0.2, 0.25) is 5.91 Å². The first-order chi connectivity index (χ1) is 22.1. The van der Waals surface area contributed by atoms with Gasteiger partial charge in [-0.05, 0) is 74.9 Å². The summed E-state index contributed by atoms with van der Waals surface area (Å²) in [5.74, 6) is 0.0994. The molecule has 4 aliphatic rings. The topological polar surface area (TPSA) is 126 Å². The number of fused-ring (bicyclic) bond motifs is 1. The van der Waals surface area contributed by atoms with Gasteiger partial charge < -0.3 is 35.8 Å². The molecule has 12 heteroatoms. The monoisotopic (exact) mass is 697 g/mol. The van der Waals surface area contributed by atoms with Gasteiger partial charge in [-0.25, -0.2) is 9.59 Å². The van der Waals surface area contributed by atoms with Crippen LogP contribution in [0.15, 0.2) is 46.9 Å². The molecule has 2 aromatic carbocycles. The molecule has 3 fully saturated rings. The summed E-state index contributed by atoms with van der Waals surface area (Å²) in [6.07, 6.45) is 3.26. The molecule has 0 bridgehead atoms. The number of hydrogen-bond acceptors (Lipinski definition) is 6. The molecular formula is C34H48BrN7O4. The Morgan fingerprint density at radius 2 is 1.57 bits per heavy atom. The Bertz CT molecular complexity index is 1370. The van der Waals surface area contributed by atoms with Crippen molar-refractivity contribution in [2.45, 2.75) is 63.7 Å². The number of carbonyl (C=O) groups excluding carboxylic acids is 2. The van der Waals surface area contributed by atoms with Crippen molar-refractivity contribution in [2.75, 3.05) is 64.7 Å². The van der Waals surface area contributed by atoms with Crippen LogP contribution in [0.25, 0.3) is 0 Å². The molecule has 0 radical (unpaired) electrons. The Kier molecular flexibility index (Phi) is 11.6. The van der Waals surface area contributed by atoms with Crippen LogP contribution >= 0.6 is 15.9 Å². The minimum Gasteiger partial charge on any atom is -0.465 e. The third-order valence-electron chi connectivity index (χ3n) is 9.86. The van der Waals surface area contributed by atoms with Gasteiger partial charge in [0.15, 0.2) is 0 Å². The number of halogens is 1. The maximum atomic E-state index is 12.8. The summed E-state index contributed by atoms with van der Waals surface area (Å²) in [4.78, 5) is 46.0. The third-order valence-corrected chi connectivity index (χ3v) is 10.8. The second kappa shape index (κ2) is 15.6. The third kappa shape index (κ3) is 8.58. The molecular weight excluding hydrogens is 650 g/mol. The largest absolute Gasteiger partial charge is 0.465 e. The maximum Gasteiger partial charge on any atom is 0.407 e. The van der Waals surface area contributed by atoms with E-state index in [1.54, 1.807) is 0 Å². The van der Waals surface area contributed by atoms with Gasteiger partial charge in [-0.2, -0.15) is 0 Å². The van der Waals surface area contributed by atoms with Crippen LogP contribution in [0.5, 0.6) is 0 Å². The van der Waals surface area contributed by atoms with E-state index in [4.69, 9.17) is 10.8 Å². The first-order valence-corrected chi connectivity index (χ1v) is 17.2. The number of likely N-dealkylation sites (N-methyl/N-ethyl adjacent to an activating group) is 1. The van der Waals surface area contributed by atoms with Crippen LogP contribution in [0.1, 0.15) is 42.4 Å². The number of carbonyl (C=O) groups is 3. The van der Waals surface area contributed by atoms with E-state index >= 15 is 0 Å². The van der Waals surface area contributed by atoms with Gasteiger partial charge in [-0.3, -0.25) is 9.69 Å². The first kappa shape index (κ1) is 34.2. The fourth-order valence-electron chi connectivity index (χ4n) is 6.93. The summed E-state index contributed by atoms with van der Waals surface area (Å²) >= 11 is 3.52. The van der Waals surface area contributed by atoms with Gasteiger partial charge >= 0.3 is 12.1 Å². The number of piperidine rings is 2. The zero-order valence-corrected chi connectivity index (χ0v) is 28.6. The van der Waals surface area contributed by atoms with E-state index in [0.717, 1.165) is 73.4 Å². The zero-order valence-electron chi connectivity index (χ0n) is 27.0. The van der Waals surface area contributed by atoms with Crippen molar-refractivity contribution in [3.05, 3.63) is 63.6 Å². The summed E-state index contributed by atoms with van der Waals surface area (Å²) in [5.41, 5.74) is 10.5. The lowest BCUT2D eigenvalue weighted by Crippen LogP contribution is -2.54. The SMILES string of the molecule is Cc1cc(CC(N)C(=O)N2CCC(N3CCN(C)CC3)CC2)ccc1Br.O=C(O)N1CCC(N2Cc3ccccc3NC2=O)CC1. The van der Waals surface area contributed by atoms with Crippen molar-refractivity contribution in [1.82, 2.24) is 24.5 Å². The molecule has 11 nitrogen and oxygen atoms in total. The van der Waals surface area contributed by atoms with Crippen molar-refractivity contribution in [3.8, 4) is 0 Å². The summed E-state index contributed by atoms with van der Waals surface area (Å²) in [7, 11) is 2.19. The number of carboxylic acid groups (broad SMARTS) is 1. The minimum absolute atomic E-state index is 0.0857. The van der Waals surface area contributed by atoms with Crippen molar-refractivity contribution in [2.24, 2.45) is 5.73 Å². The lowest BCUT2D eigenvalue weighted by Gasteiger charge is -2.42. The molecule has 3 saturated heterocycles. The second-order valence-electron chi connectivity index (χ2n) is 13.0. The molecule has 0 spiro atoms. The number of rotatable bonds is 5. The Hall–Kier alpha value is -3.19. The highest BCUT2D eigenvalue weighted by atomic mass is 79.9. The number of piperazine rings is 1. The first-order valence-electron chi connectivity index (χ1n) is 16.4. The van der Waals surface area contributed by atoms with E-state index in [9.17, 15) is 14.4 Å².